The van der Waals surface area contributed by atoms with Crippen LogP contribution >= 0.6 is 28.3 Å². The molecule has 0 aliphatic rings. The van der Waals surface area contributed by atoms with Gasteiger partial charge in [-0.3, -0.25) is 4.79 Å². The normalized spacial score (nSPS) is 10.0. The Morgan fingerprint density at radius 1 is 1.33 bits per heavy atom. The molecule has 0 atom stereocenters. The molecule has 0 fully saturated rings. The van der Waals surface area contributed by atoms with Crippen LogP contribution in [-0.4, -0.2) is 24.4 Å². The summed E-state index contributed by atoms with van der Waals surface area (Å²) >= 11 is 3.40. The monoisotopic (exact) mass is 372 g/mol. The van der Waals surface area contributed by atoms with Gasteiger partial charge >= 0.3 is 0 Å². The summed E-state index contributed by atoms with van der Waals surface area (Å²) in [6.07, 6.45) is 2.28. The summed E-state index contributed by atoms with van der Waals surface area (Å²) in [4.78, 5) is 13.9. The molecule has 4 nitrogen and oxygen atoms in total. The van der Waals surface area contributed by atoms with Gasteiger partial charge in [-0.15, -0.1) is 12.4 Å². The van der Waals surface area contributed by atoms with Crippen LogP contribution in [-0.2, 0) is 13.0 Å². The zero-order chi connectivity index (χ0) is 14.5. The molecular formula is C15H18BrClN2O2. The Hall–Kier alpha value is -1.30. The maximum Gasteiger partial charge on any atom is 0.256 e. The van der Waals surface area contributed by atoms with Crippen molar-refractivity contribution < 1.29 is 9.21 Å². The van der Waals surface area contributed by atoms with Crippen molar-refractivity contribution in [2.75, 3.05) is 13.6 Å². The largest absolute Gasteiger partial charge is 0.467 e. The lowest BCUT2D eigenvalue weighted by Gasteiger charge is -2.16. The Balaban J connectivity index is 0.00000220. The number of amides is 1. The van der Waals surface area contributed by atoms with E-state index < -0.39 is 0 Å². The third-order valence-corrected chi connectivity index (χ3v) is 3.63. The first-order valence-corrected chi connectivity index (χ1v) is 7.17. The van der Waals surface area contributed by atoms with Crippen molar-refractivity contribution in [1.29, 1.82) is 0 Å². The maximum absolute atomic E-state index is 12.2. The van der Waals surface area contributed by atoms with Crippen molar-refractivity contribution in [2.45, 2.75) is 13.0 Å². The molecule has 21 heavy (non-hydrogen) atoms. The third kappa shape index (κ3) is 4.88. The fourth-order valence-corrected chi connectivity index (χ4v) is 2.13. The molecule has 0 aliphatic carbocycles. The van der Waals surface area contributed by atoms with Crippen LogP contribution in [0.5, 0.6) is 0 Å². The summed E-state index contributed by atoms with van der Waals surface area (Å²) in [5.74, 6) is 0.570. The van der Waals surface area contributed by atoms with Crippen LogP contribution in [0, 0.1) is 0 Å². The molecule has 0 bridgehead atoms. The molecule has 114 valence electrons. The molecule has 0 unspecified atom stereocenters. The van der Waals surface area contributed by atoms with E-state index in [-0.39, 0.29) is 18.3 Å². The fourth-order valence-electron chi connectivity index (χ4n) is 1.87. The molecule has 1 heterocycles. The first-order chi connectivity index (χ1) is 9.60. The summed E-state index contributed by atoms with van der Waals surface area (Å²) in [5, 5.41) is 0. The van der Waals surface area contributed by atoms with Gasteiger partial charge in [-0.2, -0.15) is 0 Å². The van der Waals surface area contributed by atoms with Crippen LogP contribution in [0.2, 0.25) is 0 Å². The highest BCUT2D eigenvalue weighted by Gasteiger charge is 2.14. The number of benzene rings is 1. The lowest BCUT2D eigenvalue weighted by molar-refractivity contribution is 0.0796. The van der Waals surface area contributed by atoms with Crippen LogP contribution in [0.25, 0.3) is 0 Å². The van der Waals surface area contributed by atoms with E-state index in [1.807, 2.05) is 24.3 Å². The standard InChI is InChI=1S/C15H17BrN2O2.ClH/c1-18(7-6-11-2-4-13(16)5-3-11)15(19)12-8-14(9-17)20-10-12;/h2-5,8,10H,6-7,9,17H2,1H3;1H. The van der Waals surface area contributed by atoms with E-state index in [4.69, 9.17) is 10.2 Å². The summed E-state index contributed by atoms with van der Waals surface area (Å²) in [5.41, 5.74) is 7.21. The first kappa shape index (κ1) is 17.8. The van der Waals surface area contributed by atoms with Gasteiger partial charge in [0.2, 0.25) is 0 Å². The van der Waals surface area contributed by atoms with Gasteiger partial charge in [0.15, 0.2) is 0 Å². The van der Waals surface area contributed by atoms with Gasteiger partial charge in [-0.1, -0.05) is 28.1 Å². The van der Waals surface area contributed by atoms with Gasteiger partial charge in [-0.25, -0.2) is 0 Å². The van der Waals surface area contributed by atoms with Crippen molar-refractivity contribution in [3.63, 3.8) is 0 Å². The quantitative estimate of drug-likeness (QED) is 0.875. The molecule has 1 amide bonds. The lowest BCUT2D eigenvalue weighted by atomic mass is 10.1. The van der Waals surface area contributed by atoms with Gasteiger partial charge in [0, 0.05) is 18.1 Å². The van der Waals surface area contributed by atoms with E-state index in [0.717, 1.165) is 10.9 Å². The minimum absolute atomic E-state index is 0. The predicted octanol–water partition coefficient (Wildman–Crippen LogP) is 3.24. The number of halogens is 2. The molecule has 0 radical (unpaired) electrons. The second kappa shape index (κ2) is 8.22. The Morgan fingerprint density at radius 2 is 2.00 bits per heavy atom. The minimum Gasteiger partial charge on any atom is -0.467 e. The molecule has 6 heteroatoms. The van der Waals surface area contributed by atoms with E-state index >= 15 is 0 Å². The van der Waals surface area contributed by atoms with E-state index in [9.17, 15) is 4.79 Å². The second-order valence-corrected chi connectivity index (χ2v) is 5.52. The van der Waals surface area contributed by atoms with Crippen molar-refractivity contribution in [3.05, 3.63) is 58.0 Å². The highest BCUT2D eigenvalue weighted by Crippen LogP contribution is 2.12. The summed E-state index contributed by atoms with van der Waals surface area (Å²) < 4.78 is 6.24. The molecule has 2 N–H and O–H groups in total. The number of rotatable bonds is 5. The van der Waals surface area contributed by atoms with Crippen LogP contribution < -0.4 is 5.73 Å². The Kier molecular flexibility index (Phi) is 6.95. The summed E-state index contributed by atoms with van der Waals surface area (Å²) in [6.45, 7) is 0.958. The van der Waals surface area contributed by atoms with E-state index in [2.05, 4.69) is 15.9 Å². The molecule has 0 aliphatic heterocycles. The molecule has 0 spiro atoms. The van der Waals surface area contributed by atoms with Crippen molar-refractivity contribution in [1.82, 2.24) is 4.90 Å². The minimum atomic E-state index is -0.0504. The van der Waals surface area contributed by atoms with Crippen LogP contribution in [0.15, 0.2) is 45.5 Å². The third-order valence-electron chi connectivity index (χ3n) is 3.10. The average molecular weight is 374 g/mol. The number of hydrogen-bond acceptors (Lipinski definition) is 3. The molecule has 0 saturated carbocycles. The van der Waals surface area contributed by atoms with E-state index in [1.54, 1.807) is 18.0 Å². The number of likely N-dealkylation sites (N-methyl/N-ethyl adjacent to an activating group) is 1. The van der Waals surface area contributed by atoms with Gasteiger partial charge in [0.1, 0.15) is 12.0 Å². The average Bonchev–Trinajstić information content (AvgIpc) is 2.94. The summed E-state index contributed by atoms with van der Waals surface area (Å²) in [6, 6.07) is 9.79. The molecule has 2 aromatic rings. The number of nitrogens with zero attached hydrogens (tertiary/aromatic N) is 1. The topological polar surface area (TPSA) is 59.5 Å². The Morgan fingerprint density at radius 3 is 2.57 bits per heavy atom. The zero-order valence-corrected chi connectivity index (χ0v) is 14.1. The van der Waals surface area contributed by atoms with Gasteiger partial charge in [0.05, 0.1) is 12.1 Å². The molecule has 2 rings (SSSR count). The predicted molar refractivity (Wildman–Crippen MR) is 88.7 cm³/mol. The molecular weight excluding hydrogens is 356 g/mol. The molecule has 1 aromatic carbocycles. The highest BCUT2D eigenvalue weighted by molar-refractivity contribution is 9.10. The second-order valence-electron chi connectivity index (χ2n) is 4.61. The zero-order valence-electron chi connectivity index (χ0n) is 11.7. The van der Waals surface area contributed by atoms with E-state index in [1.165, 1.54) is 11.8 Å². The number of hydrogen-bond donors (Lipinski definition) is 1. The SMILES string of the molecule is CN(CCc1ccc(Br)cc1)C(=O)c1coc(CN)c1.Cl. The smallest absolute Gasteiger partial charge is 0.256 e. The Bertz CT molecular complexity index is 584. The molecule has 0 saturated heterocycles. The van der Waals surface area contributed by atoms with Crippen LogP contribution in [0.1, 0.15) is 21.7 Å². The fraction of sp³-hybridized carbons (Fsp3) is 0.267. The van der Waals surface area contributed by atoms with Crippen molar-refractivity contribution in [3.8, 4) is 0 Å². The maximum atomic E-state index is 12.2. The number of carbonyl (C=O) groups excluding carboxylic acids is 1. The Labute approximate surface area is 138 Å². The van der Waals surface area contributed by atoms with Crippen molar-refractivity contribution in [2.24, 2.45) is 5.73 Å². The van der Waals surface area contributed by atoms with Crippen LogP contribution in [0.3, 0.4) is 0 Å². The number of furan rings is 1. The molecule has 1 aromatic heterocycles. The first-order valence-electron chi connectivity index (χ1n) is 6.37. The van der Waals surface area contributed by atoms with Gasteiger partial charge < -0.3 is 15.1 Å². The van der Waals surface area contributed by atoms with Gasteiger partial charge in [0.25, 0.3) is 5.91 Å². The van der Waals surface area contributed by atoms with Gasteiger partial charge in [-0.05, 0) is 30.2 Å². The van der Waals surface area contributed by atoms with E-state index in [0.29, 0.717) is 24.4 Å². The summed E-state index contributed by atoms with van der Waals surface area (Å²) in [7, 11) is 1.79. The number of carbonyl (C=O) groups is 1. The number of nitrogens with two attached hydrogens (primary N) is 1. The lowest BCUT2D eigenvalue weighted by Crippen LogP contribution is -2.28. The highest BCUT2D eigenvalue weighted by atomic mass is 79.9. The van der Waals surface area contributed by atoms with Crippen LogP contribution in [0.4, 0.5) is 0 Å². The van der Waals surface area contributed by atoms with Crippen molar-refractivity contribution >= 4 is 34.2 Å².